The summed E-state index contributed by atoms with van der Waals surface area (Å²) in [5.41, 5.74) is 0.603. The quantitative estimate of drug-likeness (QED) is 0.680. The number of alkyl halides is 3. The molecule has 1 saturated heterocycles. The predicted octanol–water partition coefficient (Wildman–Crippen LogP) is 1.48. The monoisotopic (exact) mass is 342 g/mol. The normalized spacial score (nSPS) is 24.5. The van der Waals surface area contributed by atoms with E-state index in [9.17, 15) is 17.4 Å². The molecular formula is C13H21F3N2O3S. The number of hydrogen-bond donors (Lipinski definition) is 3. The number of carboxylic acids is 1. The van der Waals surface area contributed by atoms with Crippen LogP contribution < -0.4 is 5.32 Å². The van der Waals surface area contributed by atoms with E-state index in [-0.39, 0.29) is 11.9 Å². The Kier molecular flexibility index (Phi) is 5.50. The second-order valence-electron chi connectivity index (χ2n) is 6.37. The average Bonchev–Trinajstić information content (AvgIpc) is 2.83. The zero-order valence-electron chi connectivity index (χ0n) is 12.1. The van der Waals surface area contributed by atoms with Crippen LogP contribution in [0.1, 0.15) is 38.5 Å². The topological polar surface area (TPSA) is 69.6 Å². The molecule has 128 valence electrons. The van der Waals surface area contributed by atoms with Gasteiger partial charge in [0.15, 0.2) is 0 Å². The molecule has 1 spiro atoms. The third-order valence-electron chi connectivity index (χ3n) is 4.75. The molecular weight excluding hydrogens is 321 g/mol. The first-order valence-electron chi connectivity index (χ1n) is 7.40. The van der Waals surface area contributed by atoms with Gasteiger partial charge in [-0.3, -0.25) is 0 Å². The van der Waals surface area contributed by atoms with Crippen LogP contribution in [0.15, 0.2) is 0 Å². The van der Waals surface area contributed by atoms with E-state index in [1.165, 1.54) is 51.6 Å². The molecule has 0 radical (unpaired) electrons. The summed E-state index contributed by atoms with van der Waals surface area (Å²) in [4.78, 5) is 8.90. The predicted molar refractivity (Wildman–Crippen MR) is 75.6 cm³/mol. The van der Waals surface area contributed by atoms with Gasteiger partial charge in [0.1, 0.15) is 0 Å². The highest BCUT2D eigenvalue weighted by Crippen LogP contribution is 2.47. The molecule has 0 unspecified atom stereocenters. The molecule has 2 aliphatic carbocycles. The second-order valence-corrected chi connectivity index (χ2v) is 6.99. The summed E-state index contributed by atoms with van der Waals surface area (Å²) in [5.74, 6) is -2.76. The standard InChI is InChI=1S/C11H20N2OS.C2HF3O2/c14-15-13(9-3-1-2-4-9)10-5-11(6-10)7-12-8-11;3-2(4,5)1(6)7/h9-10,12,15H,1-8H2;(H,6,7). The Balaban J connectivity index is 0.000000217. The van der Waals surface area contributed by atoms with Crippen molar-refractivity contribution in [3.05, 3.63) is 0 Å². The van der Waals surface area contributed by atoms with Crippen molar-refractivity contribution < 1.29 is 27.3 Å². The molecule has 5 nitrogen and oxygen atoms in total. The lowest BCUT2D eigenvalue weighted by molar-refractivity contribution is -0.192. The van der Waals surface area contributed by atoms with Crippen molar-refractivity contribution in [2.75, 3.05) is 13.1 Å². The first-order chi connectivity index (χ1) is 10.3. The van der Waals surface area contributed by atoms with Crippen molar-refractivity contribution in [2.45, 2.75) is 56.8 Å². The van der Waals surface area contributed by atoms with Crippen molar-refractivity contribution in [1.82, 2.24) is 9.62 Å². The fourth-order valence-electron chi connectivity index (χ4n) is 3.49. The molecule has 0 bridgehead atoms. The smallest absolute Gasteiger partial charge is 0.475 e. The molecule has 3 aliphatic rings. The molecule has 1 aliphatic heterocycles. The van der Waals surface area contributed by atoms with Gasteiger partial charge in [-0.25, -0.2) is 13.3 Å². The van der Waals surface area contributed by atoms with Crippen molar-refractivity contribution in [1.29, 1.82) is 0 Å². The van der Waals surface area contributed by atoms with Crippen LogP contribution in [0.25, 0.3) is 0 Å². The van der Waals surface area contributed by atoms with Gasteiger partial charge >= 0.3 is 12.1 Å². The number of aliphatic carboxylic acids is 1. The number of hydrogen-bond acceptors (Lipinski definition) is 3. The molecule has 22 heavy (non-hydrogen) atoms. The highest BCUT2D eigenvalue weighted by Gasteiger charge is 2.51. The zero-order valence-corrected chi connectivity index (χ0v) is 13.0. The molecule has 0 aromatic heterocycles. The van der Waals surface area contributed by atoms with Gasteiger partial charge in [-0.05, 0) is 31.1 Å². The molecule has 2 N–H and O–H groups in total. The lowest BCUT2D eigenvalue weighted by Crippen LogP contribution is -2.65. The Hall–Kier alpha value is -0.670. The second kappa shape index (κ2) is 6.84. The Labute approximate surface area is 130 Å². The number of rotatable bonds is 3. The van der Waals surface area contributed by atoms with E-state index in [4.69, 9.17) is 9.90 Å². The average molecular weight is 342 g/mol. The van der Waals surface area contributed by atoms with Gasteiger partial charge in [0.25, 0.3) is 0 Å². The van der Waals surface area contributed by atoms with Crippen molar-refractivity contribution in [2.24, 2.45) is 5.41 Å². The minimum absolute atomic E-state index is 0.268. The van der Waals surface area contributed by atoms with Gasteiger partial charge in [-0.1, -0.05) is 12.8 Å². The molecule has 0 aromatic rings. The summed E-state index contributed by atoms with van der Waals surface area (Å²) in [7, 11) is 0. The van der Waals surface area contributed by atoms with Crippen LogP contribution in [-0.4, -0.2) is 50.9 Å². The first-order valence-corrected chi connectivity index (χ1v) is 8.16. The van der Waals surface area contributed by atoms with Crippen LogP contribution in [0.2, 0.25) is 0 Å². The Bertz CT molecular complexity index is 415. The number of carbonyl (C=O) groups is 1. The largest absolute Gasteiger partial charge is 0.490 e. The Morgan fingerprint density at radius 1 is 1.18 bits per heavy atom. The van der Waals surface area contributed by atoms with Gasteiger partial charge in [-0.15, -0.1) is 0 Å². The van der Waals surface area contributed by atoms with Gasteiger partial charge < -0.3 is 10.4 Å². The van der Waals surface area contributed by atoms with Gasteiger partial charge in [-0.2, -0.15) is 13.2 Å². The van der Waals surface area contributed by atoms with Crippen LogP contribution in [0.3, 0.4) is 0 Å². The van der Waals surface area contributed by atoms with Crippen LogP contribution in [0.4, 0.5) is 13.2 Å². The molecule has 2 saturated carbocycles. The van der Waals surface area contributed by atoms with Gasteiger partial charge in [0.05, 0.1) is 11.9 Å². The zero-order chi connectivity index (χ0) is 16.4. The van der Waals surface area contributed by atoms with E-state index in [1.807, 2.05) is 0 Å². The van der Waals surface area contributed by atoms with Gasteiger partial charge in [0.2, 0.25) is 0 Å². The maximum absolute atomic E-state index is 11.3. The highest BCUT2D eigenvalue weighted by atomic mass is 32.2. The molecule has 9 heteroatoms. The van der Waals surface area contributed by atoms with E-state index in [0.29, 0.717) is 17.5 Å². The molecule has 1 heterocycles. The number of thiol groups is 1. The third kappa shape index (κ3) is 3.99. The van der Waals surface area contributed by atoms with E-state index in [2.05, 4.69) is 9.62 Å². The number of nitrogens with one attached hydrogen (secondary N) is 1. The lowest BCUT2D eigenvalue weighted by Gasteiger charge is -2.56. The van der Waals surface area contributed by atoms with Crippen LogP contribution >= 0.6 is 0 Å². The molecule has 0 atom stereocenters. The van der Waals surface area contributed by atoms with E-state index >= 15 is 0 Å². The fraction of sp³-hybridized carbons (Fsp3) is 0.923. The Morgan fingerprint density at radius 3 is 2.00 bits per heavy atom. The SMILES string of the molecule is O=C(O)C(F)(F)F.O=[SH]N(C1CCCC1)C1CC2(CNC2)C1. The van der Waals surface area contributed by atoms with Crippen LogP contribution in [0, 0.1) is 5.41 Å². The molecule has 0 aromatic carbocycles. The molecule has 3 rings (SSSR count). The minimum Gasteiger partial charge on any atom is -0.475 e. The van der Waals surface area contributed by atoms with Crippen molar-refractivity contribution >= 4 is 17.8 Å². The maximum Gasteiger partial charge on any atom is 0.490 e. The lowest BCUT2D eigenvalue weighted by atomic mass is 9.61. The third-order valence-corrected chi connectivity index (χ3v) is 5.59. The highest BCUT2D eigenvalue weighted by molar-refractivity contribution is 7.63. The summed E-state index contributed by atoms with van der Waals surface area (Å²) in [5, 5.41) is 10.5. The fourth-order valence-corrected chi connectivity index (χ4v) is 4.16. The van der Waals surface area contributed by atoms with E-state index in [0.717, 1.165) is 0 Å². The summed E-state index contributed by atoms with van der Waals surface area (Å²) < 4.78 is 45.2. The van der Waals surface area contributed by atoms with E-state index in [1.54, 1.807) is 0 Å². The molecule has 3 fully saturated rings. The minimum atomic E-state index is -5.08. The maximum atomic E-state index is 11.3. The van der Waals surface area contributed by atoms with Crippen molar-refractivity contribution in [3.8, 4) is 0 Å². The summed E-state index contributed by atoms with van der Waals surface area (Å²) >= 11 is 0.268. The van der Waals surface area contributed by atoms with E-state index < -0.39 is 12.1 Å². The van der Waals surface area contributed by atoms with Crippen LogP contribution in [-0.2, 0) is 16.6 Å². The first kappa shape index (κ1) is 17.7. The van der Waals surface area contributed by atoms with Gasteiger partial charge in [0, 0.05) is 25.2 Å². The number of nitrogens with zero attached hydrogens (tertiary/aromatic N) is 1. The Morgan fingerprint density at radius 2 is 1.68 bits per heavy atom. The summed E-state index contributed by atoms with van der Waals surface area (Å²) in [6, 6.07) is 1.22. The van der Waals surface area contributed by atoms with Crippen LogP contribution in [0.5, 0.6) is 0 Å². The number of carboxylic acid groups (broad SMARTS) is 1. The summed E-state index contributed by atoms with van der Waals surface area (Å²) in [6.07, 6.45) is 2.64. The molecule has 0 amide bonds. The van der Waals surface area contributed by atoms with Crippen molar-refractivity contribution in [3.63, 3.8) is 0 Å². The summed E-state index contributed by atoms with van der Waals surface area (Å²) in [6.45, 7) is 2.38. The number of halogens is 3.